The second-order valence-corrected chi connectivity index (χ2v) is 4.33. The zero-order valence-corrected chi connectivity index (χ0v) is 10.7. The molecule has 2 aromatic rings. The third kappa shape index (κ3) is 4.19. The lowest BCUT2D eigenvalue weighted by molar-refractivity contribution is 0.0982. The first kappa shape index (κ1) is 13.2. The number of carbonyl (C=O) groups excluding carboxylic acids is 1. The standard InChI is InChI=1S/C15H17N3O/c16-14-3-1-2-13(10-14)15(19)6-9-18-11-12-4-7-17-8-5-12/h1-5,7-8,10,18H,6,9,11,16H2. The molecular weight excluding hydrogens is 238 g/mol. The fourth-order valence-corrected chi connectivity index (χ4v) is 1.79. The van der Waals surface area contributed by atoms with E-state index >= 15 is 0 Å². The predicted molar refractivity (Wildman–Crippen MR) is 75.7 cm³/mol. The highest BCUT2D eigenvalue weighted by molar-refractivity contribution is 5.96. The molecular formula is C15H17N3O. The maximum Gasteiger partial charge on any atom is 0.164 e. The molecule has 0 aliphatic carbocycles. The number of aromatic nitrogens is 1. The van der Waals surface area contributed by atoms with Crippen LogP contribution in [0.3, 0.4) is 0 Å². The summed E-state index contributed by atoms with van der Waals surface area (Å²) < 4.78 is 0. The average molecular weight is 255 g/mol. The number of hydrogen-bond donors (Lipinski definition) is 2. The van der Waals surface area contributed by atoms with Gasteiger partial charge < -0.3 is 11.1 Å². The second-order valence-electron chi connectivity index (χ2n) is 4.33. The van der Waals surface area contributed by atoms with Gasteiger partial charge in [0.1, 0.15) is 0 Å². The molecule has 0 spiro atoms. The molecule has 3 N–H and O–H groups in total. The molecule has 1 aromatic carbocycles. The van der Waals surface area contributed by atoms with E-state index in [1.54, 1.807) is 36.7 Å². The number of nitrogens with zero attached hydrogens (tertiary/aromatic N) is 1. The van der Waals surface area contributed by atoms with Crippen molar-refractivity contribution >= 4 is 11.5 Å². The minimum absolute atomic E-state index is 0.106. The van der Waals surface area contributed by atoms with Crippen LogP contribution in [0.2, 0.25) is 0 Å². The molecule has 0 saturated carbocycles. The van der Waals surface area contributed by atoms with Gasteiger partial charge in [0.2, 0.25) is 0 Å². The smallest absolute Gasteiger partial charge is 0.164 e. The van der Waals surface area contributed by atoms with E-state index in [2.05, 4.69) is 10.3 Å². The van der Waals surface area contributed by atoms with Gasteiger partial charge in [-0.2, -0.15) is 0 Å². The van der Waals surface area contributed by atoms with Crippen LogP contribution in [0.5, 0.6) is 0 Å². The van der Waals surface area contributed by atoms with Gasteiger partial charge in [-0.1, -0.05) is 12.1 Å². The number of benzene rings is 1. The van der Waals surface area contributed by atoms with Crippen molar-refractivity contribution in [3.8, 4) is 0 Å². The fourth-order valence-electron chi connectivity index (χ4n) is 1.79. The van der Waals surface area contributed by atoms with Crippen molar-refractivity contribution in [2.24, 2.45) is 0 Å². The van der Waals surface area contributed by atoms with Crippen molar-refractivity contribution in [2.45, 2.75) is 13.0 Å². The van der Waals surface area contributed by atoms with Crippen molar-refractivity contribution in [1.82, 2.24) is 10.3 Å². The Morgan fingerprint density at radius 3 is 2.74 bits per heavy atom. The molecule has 98 valence electrons. The summed E-state index contributed by atoms with van der Waals surface area (Å²) in [5.41, 5.74) is 8.11. The van der Waals surface area contributed by atoms with E-state index in [0.29, 0.717) is 24.2 Å². The molecule has 1 aromatic heterocycles. The summed E-state index contributed by atoms with van der Waals surface area (Å²) in [5.74, 6) is 0.106. The van der Waals surface area contributed by atoms with Gasteiger partial charge in [-0.3, -0.25) is 9.78 Å². The van der Waals surface area contributed by atoms with Crippen molar-refractivity contribution in [2.75, 3.05) is 12.3 Å². The Balaban J connectivity index is 1.75. The molecule has 19 heavy (non-hydrogen) atoms. The van der Waals surface area contributed by atoms with Crippen molar-refractivity contribution < 1.29 is 4.79 Å². The number of ketones is 1. The number of pyridine rings is 1. The lowest BCUT2D eigenvalue weighted by Gasteiger charge is -2.05. The zero-order valence-electron chi connectivity index (χ0n) is 10.7. The molecule has 0 radical (unpaired) electrons. The maximum absolute atomic E-state index is 11.9. The van der Waals surface area contributed by atoms with Crippen LogP contribution in [0.1, 0.15) is 22.3 Å². The molecule has 0 bridgehead atoms. The van der Waals surface area contributed by atoms with Gasteiger partial charge in [-0.15, -0.1) is 0 Å². The van der Waals surface area contributed by atoms with Crippen LogP contribution in [-0.4, -0.2) is 17.3 Å². The summed E-state index contributed by atoms with van der Waals surface area (Å²) in [6, 6.07) is 11.0. The molecule has 0 atom stereocenters. The zero-order chi connectivity index (χ0) is 13.5. The monoisotopic (exact) mass is 255 g/mol. The third-order valence-electron chi connectivity index (χ3n) is 2.82. The second kappa shape index (κ2) is 6.66. The normalized spacial score (nSPS) is 10.3. The molecule has 4 nitrogen and oxygen atoms in total. The van der Waals surface area contributed by atoms with Gasteiger partial charge >= 0.3 is 0 Å². The molecule has 1 heterocycles. The molecule has 0 aliphatic heterocycles. The van der Waals surface area contributed by atoms with E-state index in [-0.39, 0.29) is 5.78 Å². The molecule has 0 fully saturated rings. The Morgan fingerprint density at radius 2 is 2.00 bits per heavy atom. The minimum atomic E-state index is 0.106. The largest absolute Gasteiger partial charge is 0.399 e. The number of carbonyl (C=O) groups is 1. The summed E-state index contributed by atoms with van der Waals surface area (Å²) in [6.07, 6.45) is 3.98. The van der Waals surface area contributed by atoms with Crippen LogP contribution in [0.4, 0.5) is 5.69 Å². The number of nitrogen functional groups attached to an aromatic ring is 1. The number of Topliss-reactive ketones (excluding diaryl/α,β-unsaturated/α-hetero) is 1. The van der Waals surface area contributed by atoms with Gasteiger partial charge in [-0.05, 0) is 29.8 Å². The molecule has 2 rings (SSSR count). The number of nitrogens with two attached hydrogens (primary N) is 1. The van der Waals surface area contributed by atoms with Crippen LogP contribution in [0.25, 0.3) is 0 Å². The third-order valence-corrected chi connectivity index (χ3v) is 2.82. The van der Waals surface area contributed by atoms with Crippen LogP contribution in [-0.2, 0) is 6.54 Å². The van der Waals surface area contributed by atoms with Crippen LogP contribution in [0.15, 0.2) is 48.8 Å². The summed E-state index contributed by atoms with van der Waals surface area (Å²) in [5, 5.41) is 3.24. The van der Waals surface area contributed by atoms with Crippen LogP contribution < -0.4 is 11.1 Å². The molecule has 0 unspecified atom stereocenters. The van der Waals surface area contributed by atoms with Gasteiger partial charge in [0.05, 0.1) is 0 Å². The van der Waals surface area contributed by atoms with E-state index in [1.807, 2.05) is 12.1 Å². The van der Waals surface area contributed by atoms with Crippen molar-refractivity contribution in [3.05, 3.63) is 59.9 Å². The topological polar surface area (TPSA) is 68.0 Å². The van der Waals surface area contributed by atoms with E-state index in [1.165, 1.54) is 0 Å². The van der Waals surface area contributed by atoms with Gasteiger partial charge in [-0.25, -0.2) is 0 Å². The highest BCUT2D eigenvalue weighted by Gasteiger charge is 2.05. The van der Waals surface area contributed by atoms with Crippen molar-refractivity contribution in [3.63, 3.8) is 0 Å². The van der Waals surface area contributed by atoms with Gasteiger partial charge in [0.25, 0.3) is 0 Å². The van der Waals surface area contributed by atoms with Crippen LogP contribution in [0, 0.1) is 0 Å². The number of anilines is 1. The van der Waals surface area contributed by atoms with E-state index < -0.39 is 0 Å². The molecule has 0 amide bonds. The van der Waals surface area contributed by atoms with Crippen molar-refractivity contribution in [1.29, 1.82) is 0 Å². The summed E-state index contributed by atoms with van der Waals surface area (Å²) >= 11 is 0. The lowest BCUT2D eigenvalue weighted by Crippen LogP contribution is -2.18. The Labute approximate surface area is 112 Å². The molecule has 0 aliphatic rings. The number of rotatable bonds is 6. The SMILES string of the molecule is Nc1cccc(C(=O)CCNCc2ccncc2)c1. The molecule has 4 heteroatoms. The van der Waals surface area contributed by atoms with Gasteiger partial charge in [0.15, 0.2) is 5.78 Å². The lowest BCUT2D eigenvalue weighted by atomic mass is 10.1. The Kier molecular flexibility index (Phi) is 4.64. The number of hydrogen-bond acceptors (Lipinski definition) is 4. The Bertz CT molecular complexity index is 540. The first-order chi connectivity index (χ1) is 9.25. The fraction of sp³-hybridized carbons (Fsp3) is 0.200. The van der Waals surface area contributed by atoms with E-state index in [4.69, 9.17) is 5.73 Å². The predicted octanol–water partition coefficient (Wildman–Crippen LogP) is 2.03. The van der Waals surface area contributed by atoms with Crippen LogP contribution >= 0.6 is 0 Å². The molecule has 0 saturated heterocycles. The van der Waals surface area contributed by atoms with E-state index in [9.17, 15) is 4.79 Å². The maximum atomic E-state index is 11.9. The Morgan fingerprint density at radius 1 is 1.21 bits per heavy atom. The first-order valence-corrected chi connectivity index (χ1v) is 6.24. The van der Waals surface area contributed by atoms with Gasteiger partial charge in [0, 0.05) is 43.2 Å². The summed E-state index contributed by atoms with van der Waals surface area (Å²) in [4.78, 5) is 15.9. The highest BCUT2D eigenvalue weighted by Crippen LogP contribution is 2.08. The first-order valence-electron chi connectivity index (χ1n) is 6.24. The minimum Gasteiger partial charge on any atom is -0.399 e. The summed E-state index contributed by atoms with van der Waals surface area (Å²) in [7, 11) is 0. The Hall–Kier alpha value is -2.20. The highest BCUT2D eigenvalue weighted by atomic mass is 16.1. The quantitative estimate of drug-likeness (QED) is 0.471. The summed E-state index contributed by atoms with van der Waals surface area (Å²) in [6.45, 7) is 1.39. The average Bonchev–Trinajstić information content (AvgIpc) is 2.44. The number of nitrogens with one attached hydrogen (secondary N) is 1. The van der Waals surface area contributed by atoms with E-state index in [0.717, 1.165) is 12.1 Å².